The summed E-state index contributed by atoms with van der Waals surface area (Å²) >= 11 is 6.04. The fourth-order valence-electron chi connectivity index (χ4n) is 3.30. The number of fused-ring (bicyclic) bond motifs is 1. The van der Waals surface area contributed by atoms with Crippen molar-refractivity contribution in [2.24, 2.45) is 0 Å². The van der Waals surface area contributed by atoms with Gasteiger partial charge in [0.15, 0.2) is 12.2 Å². The lowest BCUT2D eigenvalue weighted by atomic mass is 10.0. The molecular formula is C25H23ClN2O3. The number of anilines is 1. The minimum Gasteiger partial charge on any atom is -0.484 e. The SMILES string of the molecule is Cc1c(NC(=O)COc2ccc(C(C)C)cc2)cccc1-c1nc2cc(Cl)ccc2o1. The second-order valence-electron chi connectivity index (χ2n) is 7.67. The number of aromatic nitrogens is 1. The molecule has 158 valence electrons. The topological polar surface area (TPSA) is 64.4 Å². The Labute approximate surface area is 186 Å². The Kier molecular flexibility index (Phi) is 5.96. The van der Waals surface area contributed by atoms with Crippen LogP contribution in [-0.2, 0) is 4.79 Å². The normalized spacial score (nSPS) is 11.1. The molecule has 0 aliphatic carbocycles. The van der Waals surface area contributed by atoms with Crippen molar-refractivity contribution in [3.05, 3.63) is 76.8 Å². The van der Waals surface area contributed by atoms with Crippen LogP contribution < -0.4 is 10.1 Å². The molecule has 0 aliphatic heterocycles. The van der Waals surface area contributed by atoms with E-state index in [0.29, 0.717) is 39.4 Å². The number of carbonyl (C=O) groups excluding carboxylic acids is 1. The molecule has 5 nitrogen and oxygen atoms in total. The Morgan fingerprint density at radius 2 is 1.90 bits per heavy atom. The third-order valence-corrected chi connectivity index (χ3v) is 5.34. The number of hydrogen-bond acceptors (Lipinski definition) is 4. The number of amides is 1. The van der Waals surface area contributed by atoms with Crippen molar-refractivity contribution >= 4 is 34.3 Å². The maximum absolute atomic E-state index is 12.4. The average Bonchev–Trinajstić information content (AvgIpc) is 3.17. The highest BCUT2D eigenvalue weighted by atomic mass is 35.5. The summed E-state index contributed by atoms with van der Waals surface area (Å²) in [6, 6.07) is 18.7. The molecule has 1 amide bonds. The van der Waals surface area contributed by atoms with Gasteiger partial charge in [0.2, 0.25) is 5.89 Å². The van der Waals surface area contributed by atoms with Gasteiger partial charge in [0, 0.05) is 16.3 Å². The number of oxazole rings is 1. The first-order valence-electron chi connectivity index (χ1n) is 10.1. The van der Waals surface area contributed by atoms with Crippen LogP contribution in [0.15, 0.2) is 65.1 Å². The van der Waals surface area contributed by atoms with E-state index in [2.05, 4.69) is 24.1 Å². The summed E-state index contributed by atoms with van der Waals surface area (Å²) in [4.78, 5) is 17.0. The minimum absolute atomic E-state index is 0.0773. The number of ether oxygens (including phenoxy) is 1. The van der Waals surface area contributed by atoms with Crippen molar-refractivity contribution in [1.82, 2.24) is 4.98 Å². The molecule has 1 aromatic heterocycles. The Balaban J connectivity index is 1.46. The molecular weight excluding hydrogens is 412 g/mol. The maximum Gasteiger partial charge on any atom is 0.262 e. The van der Waals surface area contributed by atoms with Crippen LogP contribution >= 0.6 is 11.6 Å². The summed E-state index contributed by atoms with van der Waals surface area (Å²) in [5, 5.41) is 3.51. The van der Waals surface area contributed by atoms with Crippen LogP contribution in [0.25, 0.3) is 22.6 Å². The van der Waals surface area contributed by atoms with Crippen LogP contribution in [0, 0.1) is 6.92 Å². The maximum atomic E-state index is 12.4. The first kappa shape index (κ1) is 20.9. The highest BCUT2D eigenvalue weighted by Crippen LogP contribution is 2.31. The number of hydrogen-bond donors (Lipinski definition) is 1. The molecule has 1 heterocycles. The molecule has 4 rings (SSSR count). The van der Waals surface area contributed by atoms with Crippen molar-refractivity contribution in [2.45, 2.75) is 26.7 Å². The lowest BCUT2D eigenvalue weighted by Gasteiger charge is -2.12. The largest absolute Gasteiger partial charge is 0.484 e. The van der Waals surface area contributed by atoms with Gasteiger partial charge < -0.3 is 14.5 Å². The van der Waals surface area contributed by atoms with Gasteiger partial charge in [-0.1, -0.05) is 43.6 Å². The molecule has 6 heteroatoms. The Morgan fingerprint density at radius 1 is 1.13 bits per heavy atom. The second kappa shape index (κ2) is 8.82. The van der Waals surface area contributed by atoms with E-state index in [-0.39, 0.29) is 12.5 Å². The summed E-state index contributed by atoms with van der Waals surface area (Å²) in [6.45, 7) is 6.11. The molecule has 0 bridgehead atoms. The van der Waals surface area contributed by atoms with Crippen molar-refractivity contribution in [1.29, 1.82) is 0 Å². The fraction of sp³-hybridized carbons (Fsp3) is 0.200. The van der Waals surface area contributed by atoms with Gasteiger partial charge in [-0.2, -0.15) is 0 Å². The number of nitrogens with one attached hydrogen (secondary N) is 1. The van der Waals surface area contributed by atoms with E-state index in [1.54, 1.807) is 18.2 Å². The van der Waals surface area contributed by atoms with Gasteiger partial charge in [-0.15, -0.1) is 0 Å². The van der Waals surface area contributed by atoms with Crippen LogP contribution in [0.2, 0.25) is 5.02 Å². The molecule has 0 atom stereocenters. The first-order chi connectivity index (χ1) is 14.9. The van der Waals surface area contributed by atoms with Gasteiger partial charge in [-0.3, -0.25) is 4.79 Å². The van der Waals surface area contributed by atoms with Gasteiger partial charge >= 0.3 is 0 Å². The molecule has 0 radical (unpaired) electrons. The number of halogens is 1. The van der Waals surface area contributed by atoms with Crippen molar-refractivity contribution in [3.63, 3.8) is 0 Å². The smallest absolute Gasteiger partial charge is 0.262 e. The van der Waals surface area contributed by atoms with Crippen LogP contribution in [0.3, 0.4) is 0 Å². The van der Waals surface area contributed by atoms with Crippen LogP contribution in [0.5, 0.6) is 5.75 Å². The zero-order valence-corrected chi connectivity index (χ0v) is 18.4. The van der Waals surface area contributed by atoms with E-state index in [4.69, 9.17) is 20.8 Å². The zero-order valence-electron chi connectivity index (χ0n) is 17.6. The van der Waals surface area contributed by atoms with Crippen molar-refractivity contribution in [3.8, 4) is 17.2 Å². The Hall–Kier alpha value is -3.31. The predicted octanol–water partition coefficient (Wildman–Crippen LogP) is 6.60. The van der Waals surface area contributed by atoms with Crippen molar-refractivity contribution < 1.29 is 13.9 Å². The van der Waals surface area contributed by atoms with E-state index < -0.39 is 0 Å². The van der Waals surface area contributed by atoms with Crippen molar-refractivity contribution in [2.75, 3.05) is 11.9 Å². The van der Waals surface area contributed by atoms with Crippen LogP contribution in [0.1, 0.15) is 30.9 Å². The van der Waals surface area contributed by atoms with E-state index in [1.165, 1.54) is 5.56 Å². The summed E-state index contributed by atoms with van der Waals surface area (Å²) < 4.78 is 11.5. The lowest BCUT2D eigenvalue weighted by Crippen LogP contribution is -2.20. The number of benzene rings is 3. The molecule has 0 unspecified atom stereocenters. The van der Waals surface area contributed by atoms with Gasteiger partial charge in [0.1, 0.15) is 11.3 Å². The fourth-order valence-corrected chi connectivity index (χ4v) is 3.47. The standard InChI is InChI=1S/C25H23ClN2O3/c1-15(2)17-7-10-19(11-8-17)30-14-24(29)27-21-6-4-5-20(16(21)3)25-28-22-13-18(26)9-12-23(22)31-25/h4-13,15H,14H2,1-3H3,(H,27,29). The Morgan fingerprint density at radius 3 is 2.65 bits per heavy atom. The third-order valence-electron chi connectivity index (χ3n) is 5.10. The molecule has 0 aliphatic rings. The molecule has 0 fully saturated rings. The number of nitrogens with zero attached hydrogens (tertiary/aromatic N) is 1. The quantitative estimate of drug-likeness (QED) is 0.371. The van der Waals surface area contributed by atoms with Gasteiger partial charge in [-0.25, -0.2) is 4.98 Å². The third kappa shape index (κ3) is 4.72. The van der Waals surface area contributed by atoms with Gasteiger partial charge in [-0.05, 0) is 66.4 Å². The van der Waals surface area contributed by atoms with Gasteiger partial charge in [0.05, 0.1) is 0 Å². The summed E-state index contributed by atoms with van der Waals surface area (Å²) in [5.41, 5.74) is 4.91. The summed E-state index contributed by atoms with van der Waals surface area (Å²) in [7, 11) is 0. The van der Waals surface area contributed by atoms with Crippen LogP contribution in [0.4, 0.5) is 5.69 Å². The lowest BCUT2D eigenvalue weighted by molar-refractivity contribution is -0.118. The molecule has 31 heavy (non-hydrogen) atoms. The number of carbonyl (C=O) groups is 1. The molecule has 4 aromatic rings. The highest BCUT2D eigenvalue weighted by molar-refractivity contribution is 6.31. The van der Waals surface area contributed by atoms with E-state index in [0.717, 1.165) is 11.1 Å². The Bertz CT molecular complexity index is 1230. The minimum atomic E-state index is -0.238. The summed E-state index contributed by atoms with van der Waals surface area (Å²) in [5.74, 6) is 1.35. The average molecular weight is 435 g/mol. The molecule has 1 N–H and O–H groups in total. The summed E-state index contributed by atoms with van der Waals surface area (Å²) in [6.07, 6.45) is 0. The molecule has 3 aromatic carbocycles. The first-order valence-corrected chi connectivity index (χ1v) is 10.5. The van der Waals surface area contributed by atoms with Crippen LogP contribution in [-0.4, -0.2) is 17.5 Å². The van der Waals surface area contributed by atoms with Gasteiger partial charge in [0.25, 0.3) is 5.91 Å². The zero-order chi connectivity index (χ0) is 22.0. The molecule has 0 saturated heterocycles. The molecule has 0 saturated carbocycles. The number of rotatable bonds is 6. The second-order valence-corrected chi connectivity index (χ2v) is 8.11. The highest BCUT2D eigenvalue weighted by Gasteiger charge is 2.14. The van der Waals surface area contributed by atoms with E-state index in [1.807, 2.05) is 49.4 Å². The van der Waals surface area contributed by atoms with E-state index >= 15 is 0 Å². The monoisotopic (exact) mass is 434 g/mol. The molecule has 0 spiro atoms. The van der Waals surface area contributed by atoms with E-state index in [9.17, 15) is 4.79 Å². The predicted molar refractivity (Wildman–Crippen MR) is 124 cm³/mol.